The first-order valence-electron chi connectivity index (χ1n) is 6.31. The maximum absolute atomic E-state index is 11.8. The maximum Gasteiger partial charge on any atom is 0.320 e. The van der Waals surface area contributed by atoms with Crippen LogP contribution in [0.15, 0.2) is 41.2 Å². The molecule has 0 saturated carbocycles. The fourth-order valence-electron chi connectivity index (χ4n) is 1.85. The van der Waals surface area contributed by atoms with Gasteiger partial charge in [-0.25, -0.2) is 9.78 Å². The number of pyridine rings is 1. The van der Waals surface area contributed by atoms with E-state index in [1.807, 2.05) is 31.6 Å². The van der Waals surface area contributed by atoms with Crippen LogP contribution in [-0.4, -0.2) is 36.6 Å². The Labute approximate surface area is 122 Å². The number of amides is 2. The van der Waals surface area contributed by atoms with Crippen molar-refractivity contribution in [1.29, 1.82) is 0 Å². The number of hydrogen-bond acceptors (Lipinski definition) is 4. The van der Waals surface area contributed by atoms with E-state index in [4.69, 9.17) is 0 Å². The van der Waals surface area contributed by atoms with Gasteiger partial charge < -0.3 is 10.2 Å². The Hall–Kier alpha value is -1.92. The van der Waals surface area contributed by atoms with Crippen molar-refractivity contribution in [3.8, 4) is 0 Å². The number of nitrogens with one attached hydrogen (secondary N) is 2. The molecule has 5 nitrogen and oxygen atoms in total. The molecule has 0 fully saturated rings. The van der Waals surface area contributed by atoms with Gasteiger partial charge >= 0.3 is 6.03 Å². The Bertz CT molecular complexity index is 527. The molecule has 0 unspecified atom stereocenters. The molecule has 106 valence electrons. The molecule has 0 aliphatic heterocycles. The number of nitrogens with zero attached hydrogens (tertiary/aromatic N) is 2. The summed E-state index contributed by atoms with van der Waals surface area (Å²) < 4.78 is 0. The summed E-state index contributed by atoms with van der Waals surface area (Å²) in [6, 6.07) is 7.38. The smallest absolute Gasteiger partial charge is 0.320 e. The number of hydrogen-bond donors (Lipinski definition) is 2. The summed E-state index contributed by atoms with van der Waals surface area (Å²) in [5, 5.41) is 9.72. The minimum Gasteiger partial charge on any atom is -0.336 e. The molecule has 2 heterocycles. The van der Waals surface area contributed by atoms with Crippen molar-refractivity contribution in [3.05, 3.63) is 46.8 Å². The van der Waals surface area contributed by atoms with E-state index in [1.54, 1.807) is 23.6 Å². The highest BCUT2D eigenvalue weighted by Gasteiger charge is 2.15. The van der Waals surface area contributed by atoms with Gasteiger partial charge in [-0.15, -0.1) is 0 Å². The molecule has 0 saturated heterocycles. The Kier molecular flexibility index (Phi) is 5.09. The van der Waals surface area contributed by atoms with Gasteiger partial charge in [0.15, 0.2) is 0 Å². The Morgan fingerprint density at radius 2 is 2.25 bits per heavy atom. The van der Waals surface area contributed by atoms with E-state index in [0.717, 1.165) is 0 Å². The number of carbonyl (C=O) groups excluding carboxylic acids is 1. The minimum atomic E-state index is -0.245. The van der Waals surface area contributed by atoms with E-state index in [0.29, 0.717) is 12.4 Å². The molecule has 0 spiro atoms. The second-order valence-corrected chi connectivity index (χ2v) is 5.37. The maximum atomic E-state index is 11.8. The van der Waals surface area contributed by atoms with Crippen LogP contribution in [0.4, 0.5) is 10.6 Å². The largest absolute Gasteiger partial charge is 0.336 e. The lowest BCUT2D eigenvalue weighted by atomic mass is 10.1. The lowest BCUT2D eigenvalue weighted by molar-refractivity contribution is 0.243. The number of likely N-dealkylation sites (N-methyl/N-ethyl adjacent to an activating group) is 1. The molecule has 0 bridgehead atoms. The van der Waals surface area contributed by atoms with Gasteiger partial charge in [-0.05, 0) is 48.6 Å². The Morgan fingerprint density at radius 3 is 2.85 bits per heavy atom. The number of thiophene rings is 1. The normalized spacial score (nSPS) is 12.2. The zero-order valence-corrected chi connectivity index (χ0v) is 12.4. The summed E-state index contributed by atoms with van der Waals surface area (Å²) in [6.45, 7) is 0.544. The van der Waals surface area contributed by atoms with Gasteiger partial charge in [0.05, 0.1) is 6.04 Å². The summed E-state index contributed by atoms with van der Waals surface area (Å²) in [5.74, 6) is 0.543. The first-order valence-corrected chi connectivity index (χ1v) is 7.25. The van der Waals surface area contributed by atoms with Gasteiger partial charge in [0.1, 0.15) is 5.82 Å². The zero-order valence-electron chi connectivity index (χ0n) is 11.5. The van der Waals surface area contributed by atoms with Crippen molar-refractivity contribution in [1.82, 2.24) is 15.2 Å². The third-order valence-corrected chi connectivity index (χ3v) is 3.62. The highest BCUT2D eigenvalue weighted by atomic mass is 32.1. The van der Waals surface area contributed by atoms with Crippen LogP contribution in [0.25, 0.3) is 0 Å². The molecule has 2 aromatic rings. The topological polar surface area (TPSA) is 57.3 Å². The summed E-state index contributed by atoms with van der Waals surface area (Å²) in [5.41, 5.74) is 1.21. The molecule has 20 heavy (non-hydrogen) atoms. The van der Waals surface area contributed by atoms with E-state index in [2.05, 4.69) is 32.0 Å². The molecule has 2 rings (SSSR count). The summed E-state index contributed by atoms with van der Waals surface area (Å²) >= 11 is 1.66. The van der Waals surface area contributed by atoms with Crippen LogP contribution >= 0.6 is 11.3 Å². The average molecular weight is 290 g/mol. The fraction of sp³-hybridized carbons (Fsp3) is 0.286. The monoisotopic (exact) mass is 290 g/mol. The average Bonchev–Trinajstić information content (AvgIpc) is 2.93. The van der Waals surface area contributed by atoms with Crippen molar-refractivity contribution in [2.24, 2.45) is 0 Å². The van der Waals surface area contributed by atoms with Crippen molar-refractivity contribution < 1.29 is 4.79 Å². The Balaban J connectivity index is 1.88. The van der Waals surface area contributed by atoms with Crippen LogP contribution in [0, 0.1) is 0 Å². The van der Waals surface area contributed by atoms with Crippen LogP contribution in [-0.2, 0) is 0 Å². The predicted molar refractivity (Wildman–Crippen MR) is 82.0 cm³/mol. The molecule has 1 atom stereocenters. The summed E-state index contributed by atoms with van der Waals surface area (Å²) in [6.07, 6.45) is 1.64. The van der Waals surface area contributed by atoms with E-state index in [-0.39, 0.29) is 12.1 Å². The molecular formula is C14H18N4OS. The number of urea groups is 1. The van der Waals surface area contributed by atoms with Crippen LogP contribution in [0.2, 0.25) is 0 Å². The quantitative estimate of drug-likeness (QED) is 0.890. The predicted octanol–water partition coefficient (Wildman–Crippen LogP) is 2.57. The number of rotatable bonds is 5. The van der Waals surface area contributed by atoms with Crippen molar-refractivity contribution in [2.45, 2.75) is 6.04 Å². The van der Waals surface area contributed by atoms with Gasteiger partial charge in [0, 0.05) is 12.7 Å². The second-order valence-electron chi connectivity index (χ2n) is 4.59. The second kappa shape index (κ2) is 7.02. The Morgan fingerprint density at radius 1 is 1.40 bits per heavy atom. The standard InChI is InChI=1S/C14H18N4OS/c1-18(2)12(11-6-8-20-10-11)9-16-14(19)17-13-5-3-4-7-15-13/h3-8,10,12H,9H2,1-2H3,(H2,15,16,17,19)/t12-/m0/s1. The SMILES string of the molecule is CN(C)[C@@H](CNC(=O)Nc1ccccn1)c1ccsc1. The van der Waals surface area contributed by atoms with E-state index in [9.17, 15) is 4.79 Å². The molecular weight excluding hydrogens is 272 g/mol. The van der Waals surface area contributed by atoms with Gasteiger partial charge in [-0.3, -0.25) is 5.32 Å². The van der Waals surface area contributed by atoms with Gasteiger partial charge in [-0.2, -0.15) is 11.3 Å². The van der Waals surface area contributed by atoms with Gasteiger partial charge in [0.2, 0.25) is 0 Å². The molecule has 0 aliphatic rings. The molecule has 0 aliphatic carbocycles. The first kappa shape index (κ1) is 14.5. The summed E-state index contributed by atoms with van der Waals surface area (Å²) in [4.78, 5) is 18.0. The lowest BCUT2D eigenvalue weighted by Crippen LogP contribution is -2.36. The van der Waals surface area contributed by atoms with E-state index < -0.39 is 0 Å². The number of anilines is 1. The van der Waals surface area contributed by atoms with E-state index >= 15 is 0 Å². The minimum absolute atomic E-state index is 0.163. The number of carbonyl (C=O) groups is 1. The van der Waals surface area contributed by atoms with Crippen molar-refractivity contribution in [3.63, 3.8) is 0 Å². The summed E-state index contributed by atoms with van der Waals surface area (Å²) in [7, 11) is 4.00. The first-order chi connectivity index (χ1) is 9.66. The molecule has 6 heteroatoms. The molecule has 0 aromatic carbocycles. The third-order valence-electron chi connectivity index (χ3n) is 2.91. The third kappa shape index (κ3) is 4.04. The number of aromatic nitrogens is 1. The van der Waals surface area contributed by atoms with Gasteiger partial charge in [0.25, 0.3) is 0 Å². The highest BCUT2D eigenvalue weighted by molar-refractivity contribution is 7.07. The molecule has 0 radical (unpaired) electrons. The van der Waals surface area contributed by atoms with Crippen molar-refractivity contribution in [2.75, 3.05) is 26.0 Å². The van der Waals surface area contributed by atoms with Crippen molar-refractivity contribution >= 4 is 23.2 Å². The fourth-order valence-corrected chi connectivity index (χ4v) is 2.56. The van der Waals surface area contributed by atoms with Crippen LogP contribution in [0.5, 0.6) is 0 Å². The zero-order chi connectivity index (χ0) is 14.4. The van der Waals surface area contributed by atoms with Gasteiger partial charge in [-0.1, -0.05) is 6.07 Å². The van der Waals surface area contributed by atoms with Crippen LogP contribution < -0.4 is 10.6 Å². The highest BCUT2D eigenvalue weighted by Crippen LogP contribution is 2.19. The van der Waals surface area contributed by atoms with Crippen LogP contribution in [0.3, 0.4) is 0 Å². The van der Waals surface area contributed by atoms with E-state index in [1.165, 1.54) is 5.56 Å². The molecule has 2 N–H and O–H groups in total. The van der Waals surface area contributed by atoms with Crippen LogP contribution in [0.1, 0.15) is 11.6 Å². The molecule has 2 amide bonds. The molecule has 2 aromatic heterocycles. The lowest BCUT2D eigenvalue weighted by Gasteiger charge is -2.24.